The van der Waals surface area contributed by atoms with Gasteiger partial charge in [0.2, 0.25) is 11.8 Å². The molecule has 0 aliphatic carbocycles. The summed E-state index contributed by atoms with van der Waals surface area (Å²) < 4.78 is 55.8. The molecule has 0 spiro atoms. The second kappa shape index (κ2) is 6.18. The minimum Gasteiger partial charge on any atom is -0.497 e. The number of H-pyrrole nitrogens is 1. The maximum atomic E-state index is 13.4. The third kappa shape index (κ3) is 2.67. The van der Waals surface area contributed by atoms with E-state index in [9.17, 15) is 18.4 Å². The van der Waals surface area contributed by atoms with Crippen LogP contribution in [0.3, 0.4) is 0 Å². The van der Waals surface area contributed by atoms with Crippen molar-refractivity contribution >= 4 is 0 Å². The Labute approximate surface area is 145 Å². The number of rotatable bonds is 3. The minimum absolute atomic E-state index is 0.184. The van der Waals surface area contributed by atoms with E-state index in [1.54, 1.807) is 6.07 Å². The predicted molar refractivity (Wildman–Crippen MR) is 82.4 cm³/mol. The molecule has 3 N–H and O–H groups in total. The highest BCUT2D eigenvalue weighted by atomic mass is 19.4. The maximum Gasteiger partial charge on any atom is 0.433 e. The van der Waals surface area contributed by atoms with Gasteiger partial charge in [-0.3, -0.25) is 5.10 Å². The van der Waals surface area contributed by atoms with Crippen LogP contribution in [0.15, 0.2) is 29.7 Å². The van der Waals surface area contributed by atoms with Gasteiger partial charge in [0.1, 0.15) is 28.8 Å². The summed E-state index contributed by atoms with van der Waals surface area (Å²) in [5, 5.41) is 15.0. The second-order valence-corrected chi connectivity index (χ2v) is 5.35. The number of methoxy groups -OCH3 is 2. The summed E-state index contributed by atoms with van der Waals surface area (Å²) in [6, 6.07) is 6.42. The normalized spacial score (nSPS) is 16.5. The quantitative estimate of drug-likeness (QED) is 0.865. The number of fused-ring (bicyclic) bond motifs is 1. The van der Waals surface area contributed by atoms with Crippen LogP contribution in [0.5, 0.6) is 17.4 Å². The van der Waals surface area contributed by atoms with E-state index in [4.69, 9.17) is 19.9 Å². The number of allylic oxidation sites excluding steroid dienone is 1. The van der Waals surface area contributed by atoms with Crippen LogP contribution in [0.2, 0.25) is 0 Å². The van der Waals surface area contributed by atoms with Gasteiger partial charge in [0, 0.05) is 5.56 Å². The summed E-state index contributed by atoms with van der Waals surface area (Å²) in [5.74, 6) is -1.22. The molecule has 2 heterocycles. The van der Waals surface area contributed by atoms with Gasteiger partial charge >= 0.3 is 6.18 Å². The lowest BCUT2D eigenvalue weighted by atomic mass is 9.83. The number of nitrogens with one attached hydrogen (secondary N) is 1. The predicted octanol–water partition coefficient (Wildman–Crippen LogP) is 2.66. The van der Waals surface area contributed by atoms with Gasteiger partial charge in [-0.15, -0.1) is 5.10 Å². The van der Waals surface area contributed by atoms with Crippen LogP contribution in [0.1, 0.15) is 22.7 Å². The van der Waals surface area contributed by atoms with E-state index in [2.05, 4.69) is 5.10 Å². The number of hydrogen-bond donors (Lipinski definition) is 2. The molecule has 0 bridgehead atoms. The summed E-state index contributed by atoms with van der Waals surface area (Å²) >= 11 is 0. The zero-order chi connectivity index (χ0) is 19.1. The topological polar surface area (TPSA) is 106 Å². The van der Waals surface area contributed by atoms with Crippen LogP contribution in [-0.4, -0.2) is 24.4 Å². The summed E-state index contributed by atoms with van der Waals surface area (Å²) in [7, 11) is 2.78. The number of benzene rings is 1. The Kier molecular flexibility index (Phi) is 4.15. The van der Waals surface area contributed by atoms with Crippen molar-refractivity contribution in [3.8, 4) is 23.4 Å². The van der Waals surface area contributed by atoms with Gasteiger partial charge in [-0.1, -0.05) is 0 Å². The van der Waals surface area contributed by atoms with E-state index in [0.717, 1.165) is 0 Å². The van der Waals surface area contributed by atoms with Crippen LogP contribution in [0.25, 0.3) is 0 Å². The zero-order valence-electron chi connectivity index (χ0n) is 13.6. The minimum atomic E-state index is -4.74. The molecule has 0 radical (unpaired) electrons. The lowest BCUT2D eigenvalue weighted by molar-refractivity contribution is -0.141. The first-order valence-corrected chi connectivity index (χ1v) is 7.26. The number of alkyl halides is 3. The molecule has 7 nitrogen and oxygen atoms in total. The number of aromatic amines is 1. The van der Waals surface area contributed by atoms with Gasteiger partial charge in [-0.2, -0.15) is 18.4 Å². The third-order valence-electron chi connectivity index (χ3n) is 3.97. The van der Waals surface area contributed by atoms with Gasteiger partial charge in [0.25, 0.3) is 0 Å². The van der Waals surface area contributed by atoms with Gasteiger partial charge in [0.05, 0.1) is 25.7 Å². The van der Waals surface area contributed by atoms with Crippen molar-refractivity contribution in [1.29, 1.82) is 5.26 Å². The van der Waals surface area contributed by atoms with Gasteiger partial charge in [-0.25, -0.2) is 0 Å². The molecule has 0 fully saturated rings. The first-order valence-electron chi connectivity index (χ1n) is 7.26. The Balaban J connectivity index is 2.33. The average molecular weight is 366 g/mol. The van der Waals surface area contributed by atoms with Crippen LogP contribution >= 0.6 is 0 Å². The molecule has 136 valence electrons. The van der Waals surface area contributed by atoms with Crippen LogP contribution in [0.4, 0.5) is 13.2 Å². The molecule has 0 saturated carbocycles. The summed E-state index contributed by atoms with van der Waals surface area (Å²) in [6.45, 7) is 0. The Hall–Kier alpha value is -3.35. The van der Waals surface area contributed by atoms with Crippen molar-refractivity contribution in [3.05, 3.63) is 46.5 Å². The van der Waals surface area contributed by atoms with Gasteiger partial charge in [-0.05, 0) is 18.2 Å². The van der Waals surface area contributed by atoms with Crippen molar-refractivity contribution in [1.82, 2.24) is 10.2 Å². The van der Waals surface area contributed by atoms with E-state index in [1.165, 1.54) is 26.4 Å². The number of ether oxygens (including phenoxy) is 3. The first kappa shape index (κ1) is 17.5. The van der Waals surface area contributed by atoms with E-state index in [-0.39, 0.29) is 34.2 Å². The number of halogens is 3. The average Bonchev–Trinajstić information content (AvgIpc) is 3.03. The Morgan fingerprint density at radius 2 is 2.04 bits per heavy atom. The number of hydrogen-bond acceptors (Lipinski definition) is 6. The maximum absolute atomic E-state index is 13.4. The van der Waals surface area contributed by atoms with Crippen molar-refractivity contribution in [2.45, 2.75) is 12.1 Å². The highest BCUT2D eigenvalue weighted by Crippen LogP contribution is 2.49. The number of aromatic nitrogens is 2. The molecule has 0 unspecified atom stereocenters. The molecule has 0 saturated heterocycles. The second-order valence-electron chi connectivity index (χ2n) is 5.35. The molecule has 1 aliphatic rings. The summed E-state index contributed by atoms with van der Waals surface area (Å²) in [5.41, 5.74) is 4.36. The molecule has 1 aromatic heterocycles. The molecule has 10 heteroatoms. The third-order valence-corrected chi connectivity index (χ3v) is 3.97. The monoisotopic (exact) mass is 366 g/mol. The van der Waals surface area contributed by atoms with E-state index in [1.807, 2.05) is 11.2 Å². The Morgan fingerprint density at radius 3 is 2.62 bits per heavy atom. The highest BCUT2D eigenvalue weighted by molar-refractivity contribution is 5.59. The molecule has 2 aromatic rings. The van der Waals surface area contributed by atoms with Crippen LogP contribution in [0, 0.1) is 11.3 Å². The lowest BCUT2D eigenvalue weighted by Gasteiger charge is -2.26. The number of nitriles is 1. The highest BCUT2D eigenvalue weighted by Gasteiger charge is 2.45. The molecule has 3 rings (SSSR count). The van der Waals surface area contributed by atoms with E-state index < -0.39 is 17.8 Å². The number of nitrogens with zero attached hydrogens (tertiary/aromatic N) is 2. The first-order chi connectivity index (χ1) is 12.3. The van der Waals surface area contributed by atoms with Crippen LogP contribution < -0.4 is 19.9 Å². The largest absolute Gasteiger partial charge is 0.497 e. The molecule has 26 heavy (non-hydrogen) atoms. The fourth-order valence-electron chi connectivity index (χ4n) is 2.84. The van der Waals surface area contributed by atoms with Crippen molar-refractivity contribution in [2.75, 3.05) is 14.2 Å². The molecular weight excluding hydrogens is 353 g/mol. The van der Waals surface area contributed by atoms with Crippen molar-refractivity contribution < 1.29 is 27.4 Å². The smallest absolute Gasteiger partial charge is 0.433 e. The molecule has 1 aromatic carbocycles. The fourth-order valence-corrected chi connectivity index (χ4v) is 2.84. The fraction of sp³-hybridized carbons (Fsp3) is 0.250. The summed E-state index contributed by atoms with van der Waals surface area (Å²) in [4.78, 5) is 0. The summed E-state index contributed by atoms with van der Waals surface area (Å²) in [6.07, 6.45) is -4.74. The molecule has 1 aliphatic heterocycles. The van der Waals surface area contributed by atoms with E-state index in [0.29, 0.717) is 5.75 Å². The zero-order valence-corrected chi connectivity index (χ0v) is 13.6. The van der Waals surface area contributed by atoms with Crippen LogP contribution in [-0.2, 0) is 6.18 Å². The van der Waals surface area contributed by atoms with Gasteiger partial charge in [0.15, 0.2) is 0 Å². The van der Waals surface area contributed by atoms with Crippen molar-refractivity contribution in [3.63, 3.8) is 0 Å². The van der Waals surface area contributed by atoms with Crippen molar-refractivity contribution in [2.24, 2.45) is 5.73 Å². The standard InChI is InChI=1S/C16H13F3N4O3/c1-24-7-3-4-10(25-2)8(5-7)11-9(6-20)14(21)26-15-12(11)13(22-23-15)16(17,18)19/h3-5,11H,21H2,1-2H3,(H,22,23)/t11-/m1/s1. The molecule has 1 atom stereocenters. The van der Waals surface area contributed by atoms with E-state index >= 15 is 0 Å². The SMILES string of the molecule is COc1ccc(OC)c([C@@H]2C(C#N)=C(N)Oc3n[nH]c(C(F)(F)F)c32)c1. The molecular formula is C16H13F3N4O3. The Bertz CT molecular complexity index is 928. The Morgan fingerprint density at radius 1 is 1.31 bits per heavy atom. The lowest BCUT2D eigenvalue weighted by Crippen LogP contribution is -2.23. The molecule has 0 amide bonds. The van der Waals surface area contributed by atoms with Gasteiger partial charge < -0.3 is 19.9 Å². The number of nitrogens with two attached hydrogens (primary N) is 1.